The van der Waals surface area contributed by atoms with Crippen molar-refractivity contribution in [3.8, 4) is 0 Å². The van der Waals surface area contributed by atoms with E-state index in [2.05, 4.69) is 18.0 Å². The smallest absolute Gasteiger partial charge is 0.233 e. The van der Waals surface area contributed by atoms with Gasteiger partial charge in [0.2, 0.25) is 17.7 Å². The Balaban J connectivity index is 1.48. The Kier molecular flexibility index (Phi) is 6.18. The van der Waals surface area contributed by atoms with Crippen LogP contribution >= 0.6 is 11.3 Å². The molecule has 2 aliphatic rings. The van der Waals surface area contributed by atoms with Gasteiger partial charge in [0.15, 0.2) is 5.13 Å². The van der Waals surface area contributed by atoms with Crippen molar-refractivity contribution in [3.63, 3.8) is 0 Å². The van der Waals surface area contributed by atoms with Crippen molar-refractivity contribution < 1.29 is 14.4 Å². The first-order valence-electron chi connectivity index (χ1n) is 11.0. The van der Waals surface area contributed by atoms with E-state index in [0.717, 1.165) is 54.3 Å². The van der Waals surface area contributed by atoms with E-state index in [1.807, 2.05) is 19.1 Å². The molecule has 0 spiro atoms. The lowest BCUT2D eigenvalue weighted by molar-refractivity contribution is -0.140. The number of nitrogens with zero attached hydrogens (tertiary/aromatic N) is 3. The first-order chi connectivity index (χ1) is 14.5. The van der Waals surface area contributed by atoms with Gasteiger partial charge in [0.1, 0.15) is 0 Å². The highest BCUT2D eigenvalue weighted by Gasteiger charge is 2.47. The largest absolute Gasteiger partial charge is 0.288 e. The second kappa shape index (κ2) is 8.84. The average Bonchev–Trinajstić information content (AvgIpc) is 3.26. The molecule has 1 aromatic heterocycles. The number of unbranched alkanes of at least 4 members (excludes halogenated alkanes) is 1. The molecule has 0 N–H and O–H groups in total. The summed E-state index contributed by atoms with van der Waals surface area (Å²) in [5, 5.41) is 0.696. The van der Waals surface area contributed by atoms with Crippen molar-refractivity contribution in [1.29, 1.82) is 0 Å². The SMILES string of the molecule is CCCCN(C(=O)CCN1C(=O)[C@H]2CCCC[C@H]2C1=O)c1nc2ccc(C)cc2s1. The van der Waals surface area contributed by atoms with Gasteiger partial charge in [-0.15, -0.1) is 0 Å². The van der Waals surface area contributed by atoms with Gasteiger partial charge in [-0.25, -0.2) is 4.98 Å². The summed E-state index contributed by atoms with van der Waals surface area (Å²) in [6.45, 7) is 4.91. The van der Waals surface area contributed by atoms with Gasteiger partial charge >= 0.3 is 0 Å². The maximum atomic E-state index is 13.1. The summed E-state index contributed by atoms with van der Waals surface area (Å²) in [4.78, 5) is 46.3. The third kappa shape index (κ3) is 4.00. The first-order valence-corrected chi connectivity index (χ1v) is 11.8. The van der Waals surface area contributed by atoms with Crippen LogP contribution in [0.4, 0.5) is 5.13 Å². The maximum absolute atomic E-state index is 13.1. The van der Waals surface area contributed by atoms with Gasteiger partial charge in [0.05, 0.1) is 22.1 Å². The van der Waals surface area contributed by atoms with Crippen molar-refractivity contribution in [2.45, 2.75) is 58.8 Å². The lowest BCUT2D eigenvalue weighted by Crippen LogP contribution is -2.38. The van der Waals surface area contributed by atoms with Crippen LogP contribution in [-0.4, -0.2) is 40.7 Å². The fourth-order valence-corrected chi connectivity index (χ4v) is 5.68. The normalized spacial score (nSPS) is 21.3. The number of rotatable bonds is 7. The van der Waals surface area contributed by atoms with Gasteiger partial charge < -0.3 is 0 Å². The van der Waals surface area contributed by atoms with Crippen LogP contribution in [0, 0.1) is 18.8 Å². The number of aryl methyl sites for hydroxylation is 1. The molecule has 2 atom stereocenters. The molecule has 0 bridgehead atoms. The molecule has 160 valence electrons. The van der Waals surface area contributed by atoms with Crippen LogP contribution in [0.1, 0.15) is 57.4 Å². The summed E-state index contributed by atoms with van der Waals surface area (Å²) in [6.07, 6.45) is 5.62. The van der Waals surface area contributed by atoms with Crippen molar-refractivity contribution in [1.82, 2.24) is 9.88 Å². The van der Waals surface area contributed by atoms with Gasteiger partial charge in [0.25, 0.3) is 0 Å². The van der Waals surface area contributed by atoms with Gasteiger partial charge in [0, 0.05) is 19.5 Å². The van der Waals surface area contributed by atoms with E-state index in [1.165, 1.54) is 16.2 Å². The Hall–Kier alpha value is -2.28. The van der Waals surface area contributed by atoms with E-state index < -0.39 is 0 Å². The number of hydrogen-bond donors (Lipinski definition) is 0. The highest BCUT2D eigenvalue weighted by molar-refractivity contribution is 7.22. The van der Waals surface area contributed by atoms with E-state index in [4.69, 9.17) is 0 Å². The molecule has 0 radical (unpaired) electrons. The van der Waals surface area contributed by atoms with E-state index in [0.29, 0.717) is 11.7 Å². The Morgan fingerprint density at radius 2 is 1.90 bits per heavy atom. The van der Waals surface area contributed by atoms with E-state index >= 15 is 0 Å². The Morgan fingerprint density at radius 3 is 2.57 bits per heavy atom. The van der Waals surface area contributed by atoms with E-state index in [9.17, 15) is 14.4 Å². The molecule has 1 saturated carbocycles. The topological polar surface area (TPSA) is 70.6 Å². The van der Waals surface area contributed by atoms with E-state index in [1.54, 1.807) is 4.90 Å². The number of amides is 3. The van der Waals surface area contributed by atoms with Crippen molar-refractivity contribution in [3.05, 3.63) is 23.8 Å². The lowest BCUT2D eigenvalue weighted by atomic mass is 9.81. The molecule has 4 rings (SSSR count). The van der Waals surface area contributed by atoms with Crippen LogP contribution in [0.2, 0.25) is 0 Å². The molecule has 1 aromatic carbocycles. The zero-order chi connectivity index (χ0) is 21.3. The number of carbonyl (C=O) groups excluding carboxylic acids is 3. The fourth-order valence-electron chi connectivity index (χ4n) is 4.57. The highest BCUT2D eigenvalue weighted by atomic mass is 32.1. The minimum atomic E-state index is -0.162. The highest BCUT2D eigenvalue weighted by Crippen LogP contribution is 2.38. The molecule has 2 fully saturated rings. The average molecular weight is 428 g/mol. The molecular formula is C23H29N3O3S. The molecule has 6 nitrogen and oxygen atoms in total. The number of carbonyl (C=O) groups is 3. The third-order valence-electron chi connectivity index (χ3n) is 6.28. The van der Waals surface area contributed by atoms with E-state index in [-0.39, 0.29) is 42.5 Å². The number of likely N-dealkylation sites (tertiary alicyclic amines) is 1. The number of hydrogen-bond acceptors (Lipinski definition) is 5. The summed E-state index contributed by atoms with van der Waals surface area (Å²) in [5.74, 6) is -0.550. The monoisotopic (exact) mass is 427 g/mol. The molecule has 2 aromatic rings. The second-order valence-electron chi connectivity index (χ2n) is 8.44. The minimum Gasteiger partial charge on any atom is -0.288 e. The van der Waals surface area contributed by atoms with Crippen LogP contribution in [0.3, 0.4) is 0 Å². The zero-order valence-corrected chi connectivity index (χ0v) is 18.5. The van der Waals surface area contributed by atoms with Crippen LogP contribution in [0.25, 0.3) is 10.2 Å². The van der Waals surface area contributed by atoms with Crippen LogP contribution in [0.15, 0.2) is 18.2 Å². The quantitative estimate of drug-likeness (QED) is 0.618. The predicted octanol–water partition coefficient (Wildman–Crippen LogP) is 4.30. The number of benzene rings is 1. The molecular weight excluding hydrogens is 398 g/mol. The molecule has 1 aliphatic carbocycles. The Labute approximate surface area is 181 Å². The summed E-state index contributed by atoms with van der Waals surface area (Å²) in [7, 11) is 0. The molecule has 7 heteroatoms. The minimum absolute atomic E-state index is 0.0744. The molecule has 1 saturated heterocycles. The third-order valence-corrected chi connectivity index (χ3v) is 7.32. The number of imide groups is 1. The van der Waals surface area contributed by atoms with Gasteiger partial charge in [-0.1, -0.05) is 43.6 Å². The number of aromatic nitrogens is 1. The molecule has 30 heavy (non-hydrogen) atoms. The van der Waals surface area contributed by atoms with Gasteiger partial charge in [-0.2, -0.15) is 0 Å². The summed E-state index contributed by atoms with van der Waals surface area (Å²) >= 11 is 1.52. The number of fused-ring (bicyclic) bond motifs is 2. The van der Waals surface area contributed by atoms with Crippen LogP contribution in [-0.2, 0) is 14.4 Å². The standard InChI is InChI=1S/C23H29N3O3S/c1-3-4-12-25(23-24-18-10-9-15(2)14-19(18)30-23)20(27)11-13-26-21(28)16-7-5-6-8-17(16)22(26)29/h9-10,14,16-17H,3-8,11-13H2,1-2H3/t16-,17+. The molecule has 1 aliphatic heterocycles. The molecule has 0 unspecified atom stereocenters. The second-order valence-corrected chi connectivity index (χ2v) is 9.45. The van der Waals surface area contributed by atoms with Crippen molar-refractivity contribution in [2.24, 2.45) is 11.8 Å². The molecule has 2 heterocycles. The van der Waals surface area contributed by atoms with Crippen LogP contribution < -0.4 is 4.90 Å². The number of thiazole rings is 1. The summed E-state index contributed by atoms with van der Waals surface area (Å²) < 4.78 is 1.06. The summed E-state index contributed by atoms with van der Waals surface area (Å²) in [6, 6.07) is 6.09. The lowest BCUT2D eigenvalue weighted by Gasteiger charge is -2.21. The van der Waals surface area contributed by atoms with Gasteiger partial charge in [-0.3, -0.25) is 24.2 Å². The Bertz CT molecular complexity index is 946. The van der Waals surface area contributed by atoms with Crippen molar-refractivity contribution in [2.75, 3.05) is 18.0 Å². The maximum Gasteiger partial charge on any atom is 0.233 e. The van der Waals surface area contributed by atoms with Crippen LogP contribution in [0.5, 0.6) is 0 Å². The Morgan fingerprint density at radius 1 is 1.20 bits per heavy atom. The predicted molar refractivity (Wildman–Crippen MR) is 118 cm³/mol. The van der Waals surface area contributed by atoms with Crippen molar-refractivity contribution >= 4 is 44.4 Å². The molecule has 3 amide bonds. The first kappa shape index (κ1) is 21.0. The number of anilines is 1. The fraction of sp³-hybridized carbons (Fsp3) is 0.565. The zero-order valence-electron chi connectivity index (χ0n) is 17.7. The summed E-state index contributed by atoms with van der Waals surface area (Å²) in [5.41, 5.74) is 2.06. The van der Waals surface area contributed by atoms with Gasteiger partial charge in [-0.05, 0) is 43.9 Å².